The monoisotopic (exact) mass is 215 g/mol. The molecule has 88 valence electrons. The maximum atomic E-state index is 11.4. The van der Waals surface area contributed by atoms with Gasteiger partial charge in [0.15, 0.2) is 0 Å². The Hall–Kier alpha value is -0.610. The maximum absolute atomic E-state index is 11.4. The maximum Gasteiger partial charge on any atom is 0.220 e. The van der Waals surface area contributed by atoms with Crippen LogP contribution in [0.1, 0.15) is 44.9 Å². The molecule has 4 nitrogen and oxygen atoms in total. The van der Waals surface area contributed by atoms with E-state index in [1.165, 1.54) is 12.8 Å². The van der Waals surface area contributed by atoms with Crippen molar-refractivity contribution in [1.29, 1.82) is 0 Å². The molecule has 0 radical (unpaired) electrons. The highest BCUT2D eigenvalue weighted by molar-refractivity contribution is 5.76. The molecule has 3 N–H and O–H groups in total. The lowest BCUT2D eigenvalue weighted by molar-refractivity contribution is -0.122. The zero-order valence-corrected chi connectivity index (χ0v) is 9.11. The van der Waals surface area contributed by atoms with Crippen molar-refractivity contribution >= 4 is 5.91 Å². The van der Waals surface area contributed by atoms with Crippen LogP contribution >= 0.6 is 0 Å². The first-order valence-electron chi connectivity index (χ1n) is 5.80. The van der Waals surface area contributed by atoms with E-state index in [1.807, 2.05) is 0 Å². The van der Waals surface area contributed by atoms with Crippen molar-refractivity contribution in [1.82, 2.24) is 5.32 Å². The summed E-state index contributed by atoms with van der Waals surface area (Å²) < 4.78 is 0. The number of carbonyl (C=O) groups excluding carboxylic acids is 1. The number of carbonyl (C=O) groups is 1. The second-order valence-electron chi connectivity index (χ2n) is 4.28. The van der Waals surface area contributed by atoms with Crippen LogP contribution in [0.3, 0.4) is 0 Å². The van der Waals surface area contributed by atoms with Crippen LogP contribution in [-0.4, -0.2) is 34.9 Å². The minimum atomic E-state index is -0.677. The molecular formula is C11H21NO3. The van der Waals surface area contributed by atoms with Crippen molar-refractivity contribution in [2.45, 2.75) is 57.1 Å². The third-order valence-electron chi connectivity index (χ3n) is 2.87. The molecule has 0 aliphatic heterocycles. The van der Waals surface area contributed by atoms with Crippen molar-refractivity contribution in [3.05, 3.63) is 0 Å². The van der Waals surface area contributed by atoms with E-state index in [-0.39, 0.29) is 12.5 Å². The summed E-state index contributed by atoms with van der Waals surface area (Å²) in [6.45, 7) is -0.218. The lowest BCUT2D eigenvalue weighted by atomic mass is 10.1. The molecule has 1 unspecified atom stereocenters. The van der Waals surface area contributed by atoms with Gasteiger partial charge in [-0.2, -0.15) is 0 Å². The molecular weight excluding hydrogens is 194 g/mol. The molecule has 1 aliphatic rings. The van der Waals surface area contributed by atoms with Gasteiger partial charge < -0.3 is 15.5 Å². The minimum absolute atomic E-state index is 0.0760. The first kappa shape index (κ1) is 12.5. The molecule has 0 spiro atoms. The summed E-state index contributed by atoms with van der Waals surface area (Å²) in [5, 5.41) is 20.6. The first-order valence-corrected chi connectivity index (χ1v) is 5.80. The van der Waals surface area contributed by atoms with Crippen LogP contribution in [0, 0.1) is 0 Å². The highest BCUT2D eigenvalue weighted by Gasteiger charge is 2.16. The smallest absolute Gasteiger partial charge is 0.220 e. The van der Waals surface area contributed by atoms with Gasteiger partial charge >= 0.3 is 0 Å². The van der Waals surface area contributed by atoms with Crippen LogP contribution in [0.15, 0.2) is 0 Å². The normalized spacial score (nSPS) is 19.1. The fourth-order valence-electron chi connectivity index (χ4n) is 1.96. The fourth-order valence-corrected chi connectivity index (χ4v) is 1.96. The van der Waals surface area contributed by atoms with E-state index in [2.05, 4.69) is 5.32 Å². The van der Waals surface area contributed by atoms with E-state index < -0.39 is 6.10 Å². The highest BCUT2D eigenvalue weighted by atomic mass is 16.3. The summed E-state index contributed by atoms with van der Waals surface area (Å²) in [6.07, 6.45) is 5.55. The van der Waals surface area contributed by atoms with Gasteiger partial charge in [-0.15, -0.1) is 0 Å². The second kappa shape index (κ2) is 6.80. The Balaban J connectivity index is 2.02. The summed E-state index contributed by atoms with van der Waals surface area (Å²) in [6, 6.07) is 0.375. The van der Waals surface area contributed by atoms with Crippen LogP contribution < -0.4 is 5.32 Å². The molecule has 0 heterocycles. The van der Waals surface area contributed by atoms with Gasteiger partial charge in [0, 0.05) is 12.5 Å². The van der Waals surface area contributed by atoms with Crippen molar-refractivity contribution in [3.63, 3.8) is 0 Å². The zero-order valence-electron chi connectivity index (χ0n) is 9.11. The van der Waals surface area contributed by atoms with Gasteiger partial charge in [-0.3, -0.25) is 4.79 Å². The summed E-state index contributed by atoms with van der Waals surface area (Å²) in [5.41, 5.74) is 0. The molecule has 0 aromatic heterocycles. The van der Waals surface area contributed by atoms with Gasteiger partial charge in [-0.25, -0.2) is 0 Å². The Bertz CT molecular complexity index is 190. The van der Waals surface area contributed by atoms with E-state index in [1.54, 1.807) is 0 Å². The van der Waals surface area contributed by atoms with Crippen LogP contribution in [0.25, 0.3) is 0 Å². The number of amides is 1. The SMILES string of the molecule is O=C(CCCC(O)CO)NC1CCCC1. The van der Waals surface area contributed by atoms with Crippen LogP contribution in [0.4, 0.5) is 0 Å². The second-order valence-corrected chi connectivity index (χ2v) is 4.28. The largest absolute Gasteiger partial charge is 0.394 e. The molecule has 1 saturated carbocycles. The Kier molecular flexibility index (Phi) is 5.65. The van der Waals surface area contributed by atoms with E-state index >= 15 is 0 Å². The Morgan fingerprint density at radius 2 is 2.07 bits per heavy atom. The van der Waals surface area contributed by atoms with Crippen molar-refractivity contribution in [2.75, 3.05) is 6.61 Å². The molecule has 15 heavy (non-hydrogen) atoms. The van der Waals surface area contributed by atoms with Gasteiger partial charge in [0.1, 0.15) is 0 Å². The number of aliphatic hydroxyl groups is 2. The van der Waals surface area contributed by atoms with Crippen LogP contribution in [-0.2, 0) is 4.79 Å². The van der Waals surface area contributed by atoms with E-state index in [4.69, 9.17) is 10.2 Å². The number of hydrogen-bond donors (Lipinski definition) is 3. The predicted octanol–water partition coefficient (Wildman–Crippen LogP) is 0.569. The Morgan fingerprint density at radius 1 is 1.40 bits per heavy atom. The third-order valence-corrected chi connectivity index (χ3v) is 2.87. The molecule has 0 aromatic carbocycles. The lowest BCUT2D eigenvalue weighted by Crippen LogP contribution is -2.32. The third kappa shape index (κ3) is 5.14. The summed E-state index contributed by atoms with van der Waals surface area (Å²) >= 11 is 0. The van der Waals surface area contributed by atoms with Gasteiger partial charge in [-0.1, -0.05) is 12.8 Å². The minimum Gasteiger partial charge on any atom is -0.394 e. The van der Waals surface area contributed by atoms with Gasteiger partial charge in [0.05, 0.1) is 12.7 Å². The number of nitrogens with one attached hydrogen (secondary N) is 1. The average molecular weight is 215 g/mol. The quantitative estimate of drug-likeness (QED) is 0.606. The summed E-state index contributed by atoms with van der Waals surface area (Å²) in [5.74, 6) is 0.0760. The van der Waals surface area contributed by atoms with Crippen molar-refractivity contribution in [2.24, 2.45) is 0 Å². The van der Waals surface area contributed by atoms with E-state index in [9.17, 15) is 4.79 Å². The molecule has 1 atom stereocenters. The molecule has 1 rings (SSSR count). The van der Waals surface area contributed by atoms with Crippen molar-refractivity contribution < 1.29 is 15.0 Å². The molecule has 1 amide bonds. The Labute approximate surface area is 90.7 Å². The summed E-state index contributed by atoms with van der Waals surface area (Å²) in [4.78, 5) is 11.4. The van der Waals surface area contributed by atoms with Gasteiger partial charge in [0.25, 0.3) is 0 Å². The van der Waals surface area contributed by atoms with E-state index in [0.717, 1.165) is 12.8 Å². The molecule has 1 fully saturated rings. The Morgan fingerprint density at radius 3 is 2.67 bits per heavy atom. The number of aliphatic hydroxyl groups excluding tert-OH is 2. The molecule has 0 saturated heterocycles. The molecule has 1 aliphatic carbocycles. The standard InChI is InChI=1S/C11H21NO3/c13-8-10(14)6-3-7-11(15)12-9-4-1-2-5-9/h9-10,13-14H,1-8H2,(H,12,15). The predicted molar refractivity (Wildman–Crippen MR) is 57.3 cm³/mol. The highest BCUT2D eigenvalue weighted by Crippen LogP contribution is 2.17. The van der Waals surface area contributed by atoms with Crippen LogP contribution in [0.5, 0.6) is 0 Å². The average Bonchev–Trinajstić information content (AvgIpc) is 2.70. The van der Waals surface area contributed by atoms with Gasteiger partial charge in [0.2, 0.25) is 5.91 Å². The number of hydrogen-bond acceptors (Lipinski definition) is 3. The molecule has 0 bridgehead atoms. The van der Waals surface area contributed by atoms with E-state index in [0.29, 0.717) is 25.3 Å². The molecule has 0 aromatic rings. The number of rotatable bonds is 6. The summed E-state index contributed by atoms with van der Waals surface area (Å²) in [7, 11) is 0. The molecule has 4 heteroatoms. The lowest BCUT2D eigenvalue weighted by Gasteiger charge is -2.12. The fraction of sp³-hybridized carbons (Fsp3) is 0.909. The van der Waals surface area contributed by atoms with Crippen molar-refractivity contribution in [3.8, 4) is 0 Å². The first-order chi connectivity index (χ1) is 7.22. The van der Waals surface area contributed by atoms with Gasteiger partial charge in [-0.05, 0) is 25.7 Å². The topological polar surface area (TPSA) is 69.6 Å². The zero-order chi connectivity index (χ0) is 11.1. The van der Waals surface area contributed by atoms with Crippen LogP contribution in [0.2, 0.25) is 0 Å².